The number of thiocarbonyl (C=S) groups is 1. The molecule has 3 rings (SSSR count). The SMILES string of the molecule is CC(C)OC(=O)[C@H]1[C@@H]2NC(=S)N[C@@]1(C)Oc1ccccc12. The Labute approximate surface area is 129 Å². The molecule has 1 aromatic rings. The lowest BCUT2D eigenvalue weighted by Crippen LogP contribution is -2.70. The molecule has 2 aliphatic heterocycles. The third kappa shape index (κ3) is 2.33. The molecule has 0 aliphatic carbocycles. The molecule has 0 radical (unpaired) electrons. The molecule has 1 aromatic carbocycles. The van der Waals surface area contributed by atoms with Gasteiger partial charge in [-0.1, -0.05) is 18.2 Å². The first-order chi connectivity index (χ1) is 9.90. The third-order valence-corrected chi connectivity index (χ3v) is 3.98. The van der Waals surface area contributed by atoms with Crippen molar-refractivity contribution in [2.75, 3.05) is 0 Å². The molecule has 0 aromatic heterocycles. The normalized spacial score (nSPS) is 29.8. The summed E-state index contributed by atoms with van der Waals surface area (Å²) in [4.78, 5) is 12.5. The van der Waals surface area contributed by atoms with Gasteiger partial charge in [-0.15, -0.1) is 0 Å². The fourth-order valence-electron chi connectivity index (χ4n) is 2.95. The summed E-state index contributed by atoms with van der Waals surface area (Å²) in [7, 11) is 0. The molecule has 2 aliphatic rings. The fourth-order valence-corrected chi connectivity index (χ4v) is 3.28. The largest absolute Gasteiger partial charge is 0.467 e. The molecule has 0 unspecified atom stereocenters. The Morgan fingerprint density at radius 3 is 2.86 bits per heavy atom. The number of rotatable bonds is 2. The van der Waals surface area contributed by atoms with Crippen molar-refractivity contribution in [2.45, 2.75) is 38.6 Å². The van der Waals surface area contributed by atoms with E-state index in [4.69, 9.17) is 21.7 Å². The third-order valence-electron chi connectivity index (χ3n) is 3.76. The molecule has 0 amide bonds. The number of hydrogen-bond donors (Lipinski definition) is 2. The van der Waals surface area contributed by atoms with Gasteiger partial charge in [-0.3, -0.25) is 4.79 Å². The molecule has 1 fully saturated rings. The van der Waals surface area contributed by atoms with E-state index in [1.807, 2.05) is 45.0 Å². The lowest BCUT2D eigenvalue weighted by molar-refractivity contribution is -0.166. The first-order valence-corrected chi connectivity index (χ1v) is 7.38. The number of fused-ring (bicyclic) bond motifs is 4. The molecular weight excluding hydrogens is 288 g/mol. The van der Waals surface area contributed by atoms with Crippen LogP contribution in [0.15, 0.2) is 24.3 Å². The zero-order valence-corrected chi connectivity index (χ0v) is 13.0. The lowest BCUT2D eigenvalue weighted by atomic mass is 9.80. The number of benzene rings is 1. The minimum absolute atomic E-state index is 0.175. The Morgan fingerprint density at radius 2 is 2.14 bits per heavy atom. The van der Waals surface area contributed by atoms with E-state index in [1.165, 1.54) is 0 Å². The van der Waals surface area contributed by atoms with Crippen molar-refractivity contribution in [3.8, 4) is 5.75 Å². The Bertz CT molecular complexity index is 604. The molecule has 2 N–H and O–H groups in total. The Kier molecular flexibility index (Phi) is 3.28. The highest BCUT2D eigenvalue weighted by Gasteiger charge is 2.55. The zero-order chi connectivity index (χ0) is 15.2. The number of nitrogens with one attached hydrogen (secondary N) is 2. The molecule has 0 spiro atoms. The van der Waals surface area contributed by atoms with Gasteiger partial charge in [0.2, 0.25) is 0 Å². The molecule has 2 heterocycles. The number of carbonyl (C=O) groups excluding carboxylic acids is 1. The molecule has 1 saturated heterocycles. The second-order valence-electron chi connectivity index (χ2n) is 5.79. The summed E-state index contributed by atoms with van der Waals surface area (Å²) in [5.74, 6) is -0.0582. The van der Waals surface area contributed by atoms with Crippen LogP contribution in [0.1, 0.15) is 32.4 Å². The van der Waals surface area contributed by atoms with Crippen LogP contribution in [0.4, 0.5) is 0 Å². The number of ether oxygens (including phenoxy) is 2. The molecule has 3 atom stereocenters. The number of carbonyl (C=O) groups is 1. The first-order valence-electron chi connectivity index (χ1n) is 6.98. The van der Waals surface area contributed by atoms with Gasteiger partial charge in [0.05, 0.1) is 12.1 Å². The number of hydrogen-bond acceptors (Lipinski definition) is 4. The van der Waals surface area contributed by atoms with Gasteiger partial charge in [-0.2, -0.15) is 0 Å². The van der Waals surface area contributed by atoms with Crippen molar-refractivity contribution in [2.24, 2.45) is 5.92 Å². The maximum absolute atomic E-state index is 12.5. The van der Waals surface area contributed by atoms with Crippen molar-refractivity contribution in [3.63, 3.8) is 0 Å². The average molecular weight is 306 g/mol. The van der Waals surface area contributed by atoms with Gasteiger partial charge in [0.25, 0.3) is 0 Å². The maximum atomic E-state index is 12.5. The van der Waals surface area contributed by atoms with Gasteiger partial charge in [0.15, 0.2) is 10.8 Å². The minimum atomic E-state index is -0.909. The molecule has 5 nitrogen and oxygen atoms in total. The fraction of sp³-hybridized carbons (Fsp3) is 0.467. The van der Waals surface area contributed by atoms with Crippen LogP contribution in [0, 0.1) is 5.92 Å². The molecule has 6 heteroatoms. The van der Waals surface area contributed by atoms with Crippen LogP contribution in [0.3, 0.4) is 0 Å². The molecule has 112 valence electrons. The topological polar surface area (TPSA) is 59.6 Å². The second-order valence-corrected chi connectivity index (χ2v) is 6.19. The molecular formula is C15H18N2O3S. The van der Waals surface area contributed by atoms with E-state index in [0.29, 0.717) is 5.11 Å². The van der Waals surface area contributed by atoms with Gasteiger partial charge in [-0.25, -0.2) is 0 Å². The van der Waals surface area contributed by atoms with E-state index in [9.17, 15) is 4.79 Å². The average Bonchev–Trinajstić information content (AvgIpc) is 2.35. The van der Waals surface area contributed by atoms with E-state index < -0.39 is 11.6 Å². The van der Waals surface area contributed by atoms with Crippen molar-refractivity contribution < 1.29 is 14.3 Å². The highest BCUT2D eigenvalue weighted by Crippen LogP contribution is 2.45. The summed E-state index contributed by atoms with van der Waals surface area (Å²) in [6.07, 6.45) is -0.175. The number of esters is 1. The molecule has 0 saturated carbocycles. The van der Waals surface area contributed by atoms with Crippen LogP contribution < -0.4 is 15.4 Å². The highest BCUT2D eigenvalue weighted by atomic mass is 32.1. The van der Waals surface area contributed by atoms with Crippen LogP contribution in [-0.2, 0) is 9.53 Å². The summed E-state index contributed by atoms with van der Waals surface area (Å²) in [6.45, 7) is 5.49. The second kappa shape index (κ2) is 4.87. The summed E-state index contributed by atoms with van der Waals surface area (Å²) >= 11 is 5.23. The zero-order valence-electron chi connectivity index (χ0n) is 12.2. The van der Waals surface area contributed by atoms with Crippen LogP contribution in [-0.4, -0.2) is 22.9 Å². The van der Waals surface area contributed by atoms with E-state index in [-0.39, 0.29) is 18.1 Å². The summed E-state index contributed by atoms with van der Waals surface area (Å²) < 4.78 is 11.4. The number of para-hydroxylation sites is 1. The maximum Gasteiger partial charge on any atom is 0.317 e. The Balaban J connectivity index is 2.05. The Morgan fingerprint density at radius 1 is 1.43 bits per heavy atom. The van der Waals surface area contributed by atoms with Crippen LogP contribution in [0.2, 0.25) is 0 Å². The van der Waals surface area contributed by atoms with Gasteiger partial charge in [0.1, 0.15) is 11.7 Å². The smallest absolute Gasteiger partial charge is 0.317 e. The van der Waals surface area contributed by atoms with Crippen LogP contribution >= 0.6 is 12.2 Å². The minimum Gasteiger partial charge on any atom is -0.467 e. The van der Waals surface area contributed by atoms with Crippen molar-refractivity contribution in [3.05, 3.63) is 29.8 Å². The lowest BCUT2D eigenvalue weighted by Gasteiger charge is -2.50. The van der Waals surface area contributed by atoms with E-state index in [1.54, 1.807) is 0 Å². The van der Waals surface area contributed by atoms with Gasteiger partial charge in [-0.05, 0) is 39.1 Å². The van der Waals surface area contributed by atoms with Crippen molar-refractivity contribution >= 4 is 23.3 Å². The summed E-state index contributed by atoms with van der Waals surface area (Å²) in [5, 5.41) is 6.72. The summed E-state index contributed by atoms with van der Waals surface area (Å²) in [5.41, 5.74) is 0.0115. The summed E-state index contributed by atoms with van der Waals surface area (Å²) in [6, 6.07) is 7.41. The first kappa shape index (κ1) is 14.1. The van der Waals surface area contributed by atoms with Crippen LogP contribution in [0.5, 0.6) is 5.75 Å². The standard InChI is InChI=1S/C15H18N2O3S/c1-8(2)19-13(18)11-12-9-6-4-5-7-10(9)20-15(11,3)17-14(21)16-12/h4-8,11-12H,1-3H3,(H2,16,17,21)/t11-,12-,15+/m1/s1. The predicted octanol–water partition coefficient (Wildman–Crippen LogP) is 1.88. The van der Waals surface area contributed by atoms with E-state index in [2.05, 4.69) is 10.6 Å². The molecule has 2 bridgehead atoms. The van der Waals surface area contributed by atoms with Gasteiger partial charge < -0.3 is 20.1 Å². The van der Waals surface area contributed by atoms with E-state index >= 15 is 0 Å². The van der Waals surface area contributed by atoms with Crippen LogP contribution in [0.25, 0.3) is 0 Å². The monoisotopic (exact) mass is 306 g/mol. The van der Waals surface area contributed by atoms with Gasteiger partial charge in [0, 0.05) is 5.56 Å². The predicted molar refractivity (Wildman–Crippen MR) is 81.8 cm³/mol. The Hall–Kier alpha value is -1.82. The van der Waals surface area contributed by atoms with Gasteiger partial charge >= 0.3 is 5.97 Å². The van der Waals surface area contributed by atoms with Crippen molar-refractivity contribution in [1.29, 1.82) is 0 Å². The quantitative estimate of drug-likeness (QED) is 0.643. The highest BCUT2D eigenvalue weighted by molar-refractivity contribution is 7.80. The van der Waals surface area contributed by atoms with Crippen molar-refractivity contribution in [1.82, 2.24) is 10.6 Å². The van der Waals surface area contributed by atoms with E-state index in [0.717, 1.165) is 11.3 Å². The molecule has 21 heavy (non-hydrogen) atoms.